The zero-order valence-corrected chi connectivity index (χ0v) is 15.1. The third-order valence-corrected chi connectivity index (χ3v) is 6.33. The van der Waals surface area contributed by atoms with Crippen LogP contribution in [0.25, 0.3) is 0 Å². The molecule has 21 heavy (non-hydrogen) atoms. The Morgan fingerprint density at radius 2 is 1.29 bits per heavy atom. The fourth-order valence-electron chi connectivity index (χ4n) is 2.35. The number of hydrogen-bond acceptors (Lipinski definition) is 6. The molecular formula is C14H35N3O3Si. The molecular weight excluding hydrogens is 286 g/mol. The molecule has 0 rings (SSSR count). The molecule has 0 aromatic rings. The van der Waals surface area contributed by atoms with Crippen LogP contribution in [-0.2, 0) is 13.3 Å². The van der Waals surface area contributed by atoms with Crippen LogP contribution in [0.1, 0.15) is 33.6 Å². The highest BCUT2D eigenvalue weighted by molar-refractivity contribution is 6.60. The zero-order chi connectivity index (χ0) is 16.0. The summed E-state index contributed by atoms with van der Waals surface area (Å²) in [5.41, 5.74) is 11.2. The Labute approximate surface area is 131 Å². The van der Waals surface area contributed by atoms with Gasteiger partial charge in [-0.3, -0.25) is 0 Å². The Morgan fingerprint density at radius 1 is 0.762 bits per heavy atom. The average molecular weight is 322 g/mol. The Kier molecular flexibility index (Phi) is 13.6. The molecule has 7 heteroatoms. The first-order valence-corrected chi connectivity index (χ1v) is 10.2. The lowest BCUT2D eigenvalue weighted by Crippen LogP contribution is -2.46. The topological polar surface area (TPSA) is 83.0 Å². The summed E-state index contributed by atoms with van der Waals surface area (Å²) in [6.07, 6.45) is 2.00. The van der Waals surface area contributed by atoms with Crippen molar-refractivity contribution in [2.75, 3.05) is 52.5 Å². The molecule has 4 N–H and O–H groups in total. The summed E-state index contributed by atoms with van der Waals surface area (Å²) in [6.45, 7) is 12.1. The van der Waals surface area contributed by atoms with E-state index in [0.717, 1.165) is 45.1 Å². The van der Waals surface area contributed by atoms with Gasteiger partial charge in [-0.05, 0) is 53.2 Å². The molecule has 0 bridgehead atoms. The van der Waals surface area contributed by atoms with Crippen molar-refractivity contribution in [2.45, 2.75) is 39.7 Å². The molecule has 0 radical (unpaired) electrons. The molecule has 0 fully saturated rings. The van der Waals surface area contributed by atoms with Gasteiger partial charge >= 0.3 is 8.80 Å². The first-order valence-electron chi connectivity index (χ1n) is 8.22. The smallest absolute Gasteiger partial charge is 0.374 e. The second-order valence-corrected chi connectivity index (χ2v) is 7.59. The van der Waals surface area contributed by atoms with Crippen molar-refractivity contribution < 1.29 is 13.3 Å². The lowest BCUT2D eigenvalue weighted by molar-refractivity contribution is 0.0699. The van der Waals surface area contributed by atoms with Gasteiger partial charge in [-0.2, -0.15) is 0 Å². The van der Waals surface area contributed by atoms with Crippen LogP contribution in [0.15, 0.2) is 0 Å². The van der Waals surface area contributed by atoms with Gasteiger partial charge in [0.25, 0.3) is 0 Å². The highest BCUT2D eigenvalue weighted by atomic mass is 28.4. The van der Waals surface area contributed by atoms with Crippen molar-refractivity contribution in [1.29, 1.82) is 0 Å². The summed E-state index contributed by atoms with van der Waals surface area (Å²) in [4.78, 5) is 2.36. The Bertz CT molecular complexity index is 218. The molecule has 0 amide bonds. The van der Waals surface area contributed by atoms with E-state index in [4.69, 9.17) is 24.7 Å². The molecule has 0 saturated carbocycles. The van der Waals surface area contributed by atoms with Crippen molar-refractivity contribution in [1.82, 2.24) is 4.90 Å². The van der Waals surface area contributed by atoms with Crippen molar-refractivity contribution in [2.24, 2.45) is 11.5 Å². The van der Waals surface area contributed by atoms with Crippen molar-refractivity contribution in [3.63, 3.8) is 0 Å². The summed E-state index contributed by atoms with van der Waals surface area (Å²) in [5, 5.41) is 0. The number of rotatable bonds is 15. The SMILES string of the molecule is CCO[Si](CCCN(CCN)CCCN)(OCC)OCC. The minimum atomic E-state index is -2.50. The van der Waals surface area contributed by atoms with Crippen LogP contribution in [0.3, 0.4) is 0 Å². The van der Waals surface area contributed by atoms with E-state index in [1.54, 1.807) is 0 Å². The first kappa shape index (κ1) is 21.0. The predicted octanol–water partition coefficient (Wildman–Crippen LogP) is 1.03. The van der Waals surface area contributed by atoms with Gasteiger partial charge < -0.3 is 29.6 Å². The second-order valence-electron chi connectivity index (χ2n) is 4.86. The van der Waals surface area contributed by atoms with E-state index >= 15 is 0 Å². The van der Waals surface area contributed by atoms with Gasteiger partial charge in [-0.15, -0.1) is 0 Å². The lowest BCUT2D eigenvalue weighted by atomic mass is 10.3. The first-order chi connectivity index (χ1) is 10.2. The van der Waals surface area contributed by atoms with Gasteiger partial charge in [-0.1, -0.05) is 0 Å². The van der Waals surface area contributed by atoms with Crippen molar-refractivity contribution >= 4 is 8.80 Å². The highest BCUT2D eigenvalue weighted by Gasteiger charge is 2.39. The van der Waals surface area contributed by atoms with Crippen molar-refractivity contribution in [3.05, 3.63) is 0 Å². The highest BCUT2D eigenvalue weighted by Crippen LogP contribution is 2.18. The van der Waals surface area contributed by atoms with E-state index in [2.05, 4.69) is 4.90 Å². The summed E-state index contributed by atoms with van der Waals surface area (Å²) in [5.74, 6) is 0. The molecule has 0 aliphatic heterocycles. The van der Waals surface area contributed by atoms with Crippen LogP contribution >= 0.6 is 0 Å². The van der Waals surface area contributed by atoms with Crippen LogP contribution in [-0.4, -0.2) is 66.2 Å². The maximum absolute atomic E-state index is 5.86. The van der Waals surface area contributed by atoms with Gasteiger partial charge in [0.1, 0.15) is 0 Å². The molecule has 0 atom stereocenters. The van der Waals surface area contributed by atoms with Gasteiger partial charge in [0.2, 0.25) is 0 Å². The third-order valence-electron chi connectivity index (χ3n) is 3.17. The lowest BCUT2D eigenvalue weighted by Gasteiger charge is -2.29. The normalized spacial score (nSPS) is 12.3. The Hall–Kier alpha value is -0.0231. The average Bonchev–Trinajstić information content (AvgIpc) is 2.45. The maximum atomic E-state index is 5.86. The summed E-state index contributed by atoms with van der Waals surface area (Å²) >= 11 is 0. The van der Waals surface area contributed by atoms with Gasteiger partial charge in [0.05, 0.1) is 0 Å². The fourth-order valence-corrected chi connectivity index (χ4v) is 4.95. The minimum absolute atomic E-state index is 0.631. The van der Waals surface area contributed by atoms with Crippen LogP contribution in [0, 0.1) is 0 Å². The molecule has 0 spiro atoms. The van der Waals surface area contributed by atoms with E-state index in [0.29, 0.717) is 26.4 Å². The van der Waals surface area contributed by atoms with Crippen molar-refractivity contribution in [3.8, 4) is 0 Å². The predicted molar refractivity (Wildman–Crippen MR) is 89.2 cm³/mol. The molecule has 0 saturated heterocycles. The van der Waals surface area contributed by atoms with E-state index < -0.39 is 8.80 Å². The standard InChI is InChI=1S/C14H35N3O3Si/c1-4-18-21(19-5-2,20-6-3)14-8-12-17(13-10-16)11-7-9-15/h4-16H2,1-3H3. The van der Waals surface area contributed by atoms with E-state index in [1.807, 2.05) is 20.8 Å². The molecule has 0 unspecified atom stereocenters. The molecule has 0 aromatic heterocycles. The third kappa shape index (κ3) is 9.57. The summed E-state index contributed by atoms with van der Waals surface area (Å²) in [7, 11) is -2.50. The number of nitrogens with two attached hydrogens (primary N) is 2. The van der Waals surface area contributed by atoms with Gasteiger partial charge in [0, 0.05) is 39.0 Å². The quantitative estimate of drug-likeness (QED) is 0.438. The Balaban J connectivity index is 4.35. The molecule has 0 aliphatic carbocycles. The minimum Gasteiger partial charge on any atom is -0.374 e. The monoisotopic (exact) mass is 321 g/mol. The van der Waals surface area contributed by atoms with Gasteiger partial charge in [-0.25, -0.2) is 0 Å². The van der Waals surface area contributed by atoms with Crippen LogP contribution in [0.2, 0.25) is 6.04 Å². The van der Waals surface area contributed by atoms with Crippen LogP contribution in [0.4, 0.5) is 0 Å². The largest absolute Gasteiger partial charge is 0.500 e. The number of hydrogen-bond donors (Lipinski definition) is 2. The van der Waals surface area contributed by atoms with E-state index in [9.17, 15) is 0 Å². The maximum Gasteiger partial charge on any atom is 0.500 e. The van der Waals surface area contributed by atoms with Crippen LogP contribution < -0.4 is 11.5 Å². The number of nitrogens with zero attached hydrogens (tertiary/aromatic N) is 1. The molecule has 0 aliphatic rings. The van der Waals surface area contributed by atoms with Gasteiger partial charge in [0.15, 0.2) is 0 Å². The van der Waals surface area contributed by atoms with E-state index in [-0.39, 0.29) is 0 Å². The summed E-state index contributed by atoms with van der Waals surface area (Å²) < 4.78 is 17.6. The zero-order valence-electron chi connectivity index (χ0n) is 14.1. The fraction of sp³-hybridized carbons (Fsp3) is 1.00. The molecule has 0 heterocycles. The van der Waals surface area contributed by atoms with Crippen LogP contribution in [0.5, 0.6) is 0 Å². The molecule has 0 aromatic carbocycles. The summed E-state index contributed by atoms with van der Waals surface area (Å²) in [6, 6.07) is 0.853. The molecule has 6 nitrogen and oxygen atoms in total. The second kappa shape index (κ2) is 13.6. The van der Waals surface area contributed by atoms with E-state index in [1.165, 1.54) is 0 Å². The molecule has 128 valence electrons. The Morgan fingerprint density at radius 3 is 1.71 bits per heavy atom.